The number of hydrogen-bond acceptors (Lipinski definition) is 3. The molecule has 1 aromatic rings. The van der Waals surface area contributed by atoms with Gasteiger partial charge in [0.25, 0.3) is 0 Å². The molecule has 0 bridgehead atoms. The second-order valence-corrected chi connectivity index (χ2v) is 4.46. The minimum absolute atomic E-state index is 0.273. The molecule has 0 saturated heterocycles. The lowest BCUT2D eigenvalue weighted by molar-refractivity contribution is -0.111. The zero-order valence-corrected chi connectivity index (χ0v) is 8.00. The summed E-state index contributed by atoms with van der Waals surface area (Å²) >= 11 is 2.97. The largest absolute Gasteiger partial charge is 0.287 e. The Labute approximate surface area is 74.8 Å². The van der Waals surface area contributed by atoms with Gasteiger partial charge in [0.1, 0.15) is 0 Å². The van der Waals surface area contributed by atoms with Gasteiger partial charge in [-0.25, -0.2) is 0 Å². The number of rotatable bonds is 3. The Morgan fingerprint density at radius 2 is 2.55 bits per heavy atom. The topological polar surface area (TPSA) is 17.1 Å². The molecule has 0 unspecified atom stereocenters. The molecule has 0 aromatic carbocycles. The fourth-order valence-electron chi connectivity index (χ4n) is 0.689. The van der Waals surface area contributed by atoms with Crippen LogP contribution in [0.25, 0.3) is 0 Å². The number of hydrogen-bond donors (Lipinski definition) is 0. The van der Waals surface area contributed by atoms with Crippen LogP contribution in [0.15, 0.2) is 21.7 Å². The highest BCUT2D eigenvalue weighted by Gasteiger charge is 2.02. The van der Waals surface area contributed by atoms with Gasteiger partial charge in [0.15, 0.2) is 5.12 Å². The molecule has 0 spiro atoms. The first-order valence-corrected chi connectivity index (χ1v) is 5.26. The Balaban J connectivity index is 2.37. The van der Waals surface area contributed by atoms with Crippen LogP contribution >= 0.6 is 23.1 Å². The predicted molar refractivity (Wildman–Crippen MR) is 50.1 cm³/mol. The van der Waals surface area contributed by atoms with Crippen LogP contribution in [0.1, 0.15) is 19.8 Å². The molecule has 0 aliphatic carbocycles. The number of carbonyl (C=O) groups excluding carboxylic acids is 1. The predicted octanol–water partition coefficient (Wildman–Crippen LogP) is 3.17. The maximum Gasteiger partial charge on any atom is 0.194 e. The Hall–Kier alpha value is -0.280. The van der Waals surface area contributed by atoms with Gasteiger partial charge in [-0.1, -0.05) is 13.0 Å². The maximum atomic E-state index is 11.1. The van der Waals surface area contributed by atoms with Crippen LogP contribution in [0, 0.1) is 0 Å². The second-order valence-electron chi connectivity index (χ2n) is 2.16. The third kappa shape index (κ3) is 3.08. The number of thioether (sulfide) groups is 1. The Morgan fingerprint density at radius 3 is 3.09 bits per heavy atom. The van der Waals surface area contributed by atoms with Crippen molar-refractivity contribution in [2.75, 3.05) is 0 Å². The maximum absolute atomic E-state index is 11.1. The van der Waals surface area contributed by atoms with Gasteiger partial charge in [-0.3, -0.25) is 4.79 Å². The van der Waals surface area contributed by atoms with Crippen molar-refractivity contribution in [3.8, 4) is 0 Å². The van der Waals surface area contributed by atoms with Crippen molar-refractivity contribution in [1.29, 1.82) is 0 Å². The third-order valence-corrected chi connectivity index (χ3v) is 3.13. The summed E-state index contributed by atoms with van der Waals surface area (Å²) in [7, 11) is 0. The molecular formula is C8H10OS2. The van der Waals surface area contributed by atoms with E-state index in [0.29, 0.717) is 6.42 Å². The average molecular weight is 186 g/mol. The van der Waals surface area contributed by atoms with Gasteiger partial charge in [0.2, 0.25) is 0 Å². The molecule has 0 aliphatic heterocycles. The second kappa shape index (κ2) is 4.57. The van der Waals surface area contributed by atoms with E-state index in [1.54, 1.807) is 11.3 Å². The van der Waals surface area contributed by atoms with Crippen LogP contribution in [0.3, 0.4) is 0 Å². The third-order valence-electron chi connectivity index (χ3n) is 1.16. The molecule has 3 heteroatoms. The van der Waals surface area contributed by atoms with Crippen LogP contribution in [-0.4, -0.2) is 5.12 Å². The molecular weight excluding hydrogens is 176 g/mol. The Bertz CT molecular complexity index is 216. The smallest absolute Gasteiger partial charge is 0.194 e. The summed E-state index contributed by atoms with van der Waals surface area (Å²) < 4.78 is 1.10. The van der Waals surface area contributed by atoms with E-state index in [1.165, 1.54) is 11.8 Å². The lowest BCUT2D eigenvalue weighted by Gasteiger charge is -1.93. The molecule has 1 rings (SSSR count). The summed E-state index contributed by atoms with van der Waals surface area (Å²) in [6.45, 7) is 2.02. The average Bonchev–Trinajstić information content (AvgIpc) is 2.40. The molecule has 1 nitrogen and oxygen atoms in total. The van der Waals surface area contributed by atoms with Crippen molar-refractivity contribution in [3.05, 3.63) is 17.5 Å². The quantitative estimate of drug-likeness (QED) is 0.674. The van der Waals surface area contributed by atoms with Crippen LogP contribution < -0.4 is 0 Å². The zero-order valence-electron chi connectivity index (χ0n) is 6.37. The summed E-state index contributed by atoms with van der Waals surface area (Å²) in [6.07, 6.45) is 1.62. The van der Waals surface area contributed by atoms with Crippen LogP contribution in [-0.2, 0) is 4.79 Å². The van der Waals surface area contributed by atoms with Gasteiger partial charge in [-0.05, 0) is 29.6 Å². The Morgan fingerprint density at radius 1 is 1.73 bits per heavy atom. The van der Waals surface area contributed by atoms with E-state index in [1.807, 2.05) is 24.4 Å². The van der Waals surface area contributed by atoms with Gasteiger partial charge in [0.05, 0.1) is 4.21 Å². The van der Waals surface area contributed by atoms with E-state index in [9.17, 15) is 4.79 Å². The first-order chi connectivity index (χ1) is 5.33. The van der Waals surface area contributed by atoms with E-state index in [-0.39, 0.29) is 5.12 Å². The van der Waals surface area contributed by atoms with Gasteiger partial charge < -0.3 is 0 Å². The van der Waals surface area contributed by atoms with E-state index in [2.05, 4.69) is 0 Å². The lowest BCUT2D eigenvalue weighted by Crippen LogP contribution is -1.87. The van der Waals surface area contributed by atoms with Crippen molar-refractivity contribution in [2.24, 2.45) is 0 Å². The van der Waals surface area contributed by atoms with E-state index < -0.39 is 0 Å². The van der Waals surface area contributed by atoms with Gasteiger partial charge >= 0.3 is 0 Å². The van der Waals surface area contributed by atoms with Crippen molar-refractivity contribution < 1.29 is 4.79 Å². The van der Waals surface area contributed by atoms with E-state index >= 15 is 0 Å². The van der Waals surface area contributed by atoms with Crippen LogP contribution in [0.2, 0.25) is 0 Å². The highest BCUT2D eigenvalue weighted by molar-refractivity contribution is 8.15. The highest BCUT2D eigenvalue weighted by atomic mass is 32.2. The van der Waals surface area contributed by atoms with Crippen molar-refractivity contribution in [1.82, 2.24) is 0 Å². The fraction of sp³-hybridized carbons (Fsp3) is 0.375. The summed E-state index contributed by atoms with van der Waals surface area (Å²) in [5.74, 6) is 0. The molecule has 60 valence electrons. The molecule has 0 saturated carbocycles. The minimum atomic E-state index is 0.273. The molecule has 1 heterocycles. The monoisotopic (exact) mass is 186 g/mol. The standard InChI is InChI=1S/C8H10OS2/c1-2-4-7(9)11-8-5-3-6-10-8/h3,5-6H,2,4H2,1H3. The Kier molecular flexibility index (Phi) is 3.66. The zero-order chi connectivity index (χ0) is 8.10. The van der Waals surface area contributed by atoms with Gasteiger partial charge in [-0.2, -0.15) is 0 Å². The molecule has 0 radical (unpaired) electrons. The van der Waals surface area contributed by atoms with Crippen molar-refractivity contribution in [3.63, 3.8) is 0 Å². The molecule has 0 fully saturated rings. The minimum Gasteiger partial charge on any atom is -0.287 e. The van der Waals surface area contributed by atoms with Gasteiger partial charge in [0, 0.05) is 6.42 Å². The normalized spacial score (nSPS) is 9.91. The first-order valence-electron chi connectivity index (χ1n) is 3.57. The van der Waals surface area contributed by atoms with Crippen molar-refractivity contribution >= 4 is 28.2 Å². The highest BCUT2D eigenvalue weighted by Crippen LogP contribution is 2.25. The van der Waals surface area contributed by atoms with Crippen LogP contribution in [0.5, 0.6) is 0 Å². The van der Waals surface area contributed by atoms with E-state index in [0.717, 1.165) is 10.6 Å². The van der Waals surface area contributed by atoms with Crippen molar-refractivity contribution in [2.45, 2.75) is 24.0 Å². The molecule has 0 aliphatic rings. The summed E-state index contributed by atoms with van der Waals surface area (Å²) in [4.78, 5) is 11.1. The number of carbonyl (C=O) groups is 1. The van der Waals surface area contributed by atoms with Crippen LogP contribution in [0.4, 0.5) is 0 Å². The summed E-state index contributed by atoms with van der Waals surface area (Å²) in [5.41, 5.74) is 0. The fourth-order valence-corrected chi connectivity index (χ4v) is 2.45. The SMILES string of the molecule is CCCC(=O)Sc1cccs1. The molecule has 1 aromatic heterocycles. The van der Waals surface area contributed by atoms with E-state index in [4.69, 9.17) is 0 Å². The first kappa shape index (κ1) is 8.81. The lowest BCUT2D eigenvalue weighted by atomic mass is 10.4. The molecule has 11 heavy (non-hydrogen) atoms. The molecule has 0 atom stereocenters. The number of thiophene rings is 1. The van der Waals surface area contributed by atoms with Gasteiger partial charge in [-0.15, -0.1) is 11.3 Å². The molecule has 0 amide bonds. The summed E-state index contributed by atoms with van der Waals surface area (Å²) in [6, 6.07) is 3.94. The summed E-state index contributed by atoms with van der Waals surface area (Å²) in [5, 5.41) is 2.26. The molecule has 0 N–H and O–H groups in total.